The van der Waals surface area contributed by atoms with Gasteiger partial charge in [-0.3, -0.25) is 4.79 Å². The van der Waals surface area contributed by atoms with Gasteiger partial charge in [-0.05, 0) is 25.0 Å². The van der Waals surface area contributed by atoms with Crippen molar-refractivity contribution in [3.8, 4) is 0 Å². The molecule has 0 bridgehead atoms. The van der Waals surface area contributed by atoms with E-state index in [1.807, 2.05) is 30.3 Å². The van der Waals surface area contributed by atoms with Crippen LogP contribution < -0.4 is 5.32 Å². The molecular formula is C14H21KNO. The van der Waals surface area contributed by atoms with E-state index in [1.165, 1.54) is 0 Å². The van der Waals surface area contributed by atoms with Crippen LogP contribution in [0.3, 0.4) is 0 Å². The first-order valence-corrected chi connectivity index (χ1v) is 6.13. The third-order valence-corrected chi connectivity index (χ3v) is 2.81. The number of carbonyl (C=O) groups excluding carboxylic acids is 1. The fraction of sp³-hybridized carbons (Fsp3) is 0.500. The Labute approximate surface area is 147 Å². The number of para-hydroxylation sites is 1. The van der Waals surface area contributed by atoms with Crippen molar-refractivity contribution in [1.82, 2.24) is 0 Å². The largest absolute Gasteiger partial charge is 0.326 e. The topological polar surface area (TPSA) is 29.1 Å². The molecule has 89 valence electrons. The van der Waals surface area contributed by atoms with Crippen molar-refractivity contribution in [2.45, 2.75) is 39.5 Å². The first kappa shape index (κ1) is 17.3. The number of unbranched alkanes of at least 4 members (excludes halogenated alkanes) is 1. The van der Waals surface area contributed by atoms with Crippen LogP contribution in [0.15, 0.2) is 30.3 Å². The van der Waals surface area contributed by atoms with Crippen molar-refractivity contribution in [2.24, 2.45) is 5.92 Å². The summed E-state index contributed by atoms with van der Waals surface area (Å²) in [6.07, 6.45) is 4.18. The maximum atomic E-state index is 11.9. The van der Waals surface area contributed by atoms with Crippen molar-refractivity contribution in [2.75, 3.05) is 5.32 Å². The van der Waals surface area contributed by atoms with Gasteiger partial charge in [0.25, 0.3) is 0 Å². The summed E-state index contributed by atoms with van der Waals surface area (Å²) < 4.78 is 0. The van der Waals surface area contributed by atoms with Crippen LogP contribution in [0.1, 0.15) is 39.5 Å². The molecule has 1 atom stereocenters. The molecule has 0 aliphatic carbocycles. The zero-order valence-electron chi connectivity index (χ0n) is 11.2. The molecule has 0 aliphatic rings. The molecule has 1 aromatic rings. The number of anilines is 1. The summed E-state index contributed by atoms with van der Waals surface area (Å²) in [5.41, 5.74) is 0.891. The van der Waals surface area contributed by atoms with E-state index in [0.29, 0.717) is 0 Å². The normalized spacial score (nSPS) is 11.4. The van der Waals surface area contributed by atoms with Gasteiger partial charge in [-0.25, -0.2) is 0 Å². The van der Waals surface area contributed by atoms with E-state index in [1.54, 1.807) is 0 Å². The first-order chi connectivity index (χ1) is 7.77. The summed E-state index contributed by atoms with van der Waals surface area (Å²) in [6.45, 7) is 4.23. The van der Waals surface area contributed by atoms with E-state index in [4.69, 9.17) is 0 Å². The van der Waals surface area contributed by atoms with Crippen molar-refractivity contribution in [3.63, 3.8) is 0 Å². The van der Waals surface area contributed by atoms with E-state index in [0.717, 1.165) is 31.4 Å². The second kappa shape index (κ2) is 10.3. The van der Waals surface area contributed by atoms with Gasteiger partial charge < -0.3 is 5.32 Å². The maximum absolute atomic E-state index is 11.9. The molecule has 0 saturated carbocycles. The second-order valence-corrected chi connectivity index (χ2v) is 4.10. The fourth-order valence-corrected chi connectivity index (χ4v) is 1.74. The number of carbonyl (C=O) groups is 1. The number of hydrogen-bond acceptors (Lipinski definition) is 1. The van der Waals surface area contributed by atoms with Crippen molar-refractivity contribution in [3.05, 3.63) is 30.3 Å². The van der Waals surface area contributed by atoms with Gasteiger partial charge in [-0.2, -0.15) is 0 Å². The second-order valence-electron chi connectivity index (χ2n) is 4.10. The van der Waals surface area contributed by atoms with E-state index in [9.17, 15) is 4.79 Å². The molecule has 0 spiro atoms. The number of amides is 1. The molecule has 2 nitrogen and oxygen atoms in total. The molecule has 0 fully saturated rings. The molecule has 0 aliphatic heterocycles. The summed E-state index contributed by atoms with van der Waals surface area (Å²) in [5.74, 6) is 0.308. The third kappa shape index (κ3) is 6.72. The molecule has 1 unspecified atom stereocenters. The van der Waals surface area contributed by atoms with E-state index in [-0.39, 0.29) is 63.2 Å². The van der Waals surface area contributed by atoms with Gasteiger partial charge in [0.1, 0.15) is 0 Å². The molecular weight excluding hydrogens is 237 g/mol. The third-order valence-electron chi connectivity index (χ3n) is 2.81. The monoisotopic (exact) mass is 258 g/mol. The van der Waals surface area contributed by atoms with Crippen LogP contribution in [-0.4, -0.2) is 57.3 Å². The minimum absolute atomic E-state index is 0. The van der Waals surface area contributed by atoms with Crippen molar-refractivity contribution >= 4 is 63.0 Å². The molecule has 17 heavy (non-hydrogen) atoms. The quantitative estimate of drug-likeness (QED) is 0.778. The van der Waals surface area contributed by atoms with Gasteiger partial charge in [0.05, 0.1) is 0 Å². The number of benzene rings is 1. The molecule has 0 aromatic heterocycles. The zero-order chi connectivity index (χ0) is 11.8. The average molecular weight is 258 g/mol. The average Bonchev–Trinajstić information content (AvgIpc) is 2.31. The minimum atomic E-state index is 0. The van der Waals surface area contributed by atoms with Crippen LogP contribution >= 0.6 is 0 Å². The summed E-state index contributed by atoms with van der Waals surface area (Å²) in [4.78, 5) is 11.9. The molecule has 0 saturated heterocycles. The Balaban J connectivity index is 0.00000256. The molecule has 1 amide bonds. The van der Waals surface area contributed by atoms with Crippen LogP contribution in [0.5, 0.6) is 0 Å². The SMILES string of the molecule is CCCCC(CC)C(=O)Nc1ccccc1.[K]. The Bertz CT molecular complexity index is 313. The van der Waals surface area contributed by atoms with Crippen LogP contribution in [0.2, 0.25) is 0 Å². The minimum Gasteiger partial charge on any atom is -0.326 e. The smallest absolute Gasteiger partial charge is 0.227 e. The fourth-order valence-electron chi connectivity index (χ4n) is 1.74. The van der Waals surface area contributed by atoms with Crippen molar-refractivity contribution in [1.29, 1.82) is 0 Å². The molecule has 1 radical (unpaired) electrons. The maximum Gasteiger partial charge on any atom is 0.227 e. The van der Waals surface area contributed by atoms with Crippen LogP contribution in [-0.2, 0) is 4.79 Å². The van der Waals surface area contributed by atoms with Gasteiger partial charge in [-0.1, -0.05) is 44.9 Å². The van der Waals surface area contributed by atoms with Gasteiger partial charge in [0.15, 0.2) is 0 Å². The first-order valence-electron chi connectivity index (χ1n) is 6.13. The van der Waals surface area contributed by atoms with Gasteiger partial charge in [-0.15, -0.1) is 0 Å². The Kier molecular flexibility index (Phi) is 10.5. The molecule has 1 rings (SSSR count). The Morgan fingerprint density at radius 3 is 2.41 bits per heavy atom. The van der Waals surface area contributed by atoms with E-state index in [2.05, 4.69) is 19.2 Å². The van der Waals surface area contributed by atoms with Crippen LogP contribution in [0.4, 0.5) is 5.69 Å². The van der Waals surface area contributed by atoms with Crippen LogP contribution in [0, 0.1) is 5.92 Å². The van der Waals surface area contributed by atoms with Crippen molar-refractivity contribution < 1.29 is 4.79 Å². The predicted molar refractivity (Wildman–Crippen MR) is 74.1 cm³/mol. The molecule has 0 heterocycles. The zero-order valence-corrected chi connectivity index (χ0v) is 14.3. The Morgan fingerprint density at radius 1 is 1.24 bits per heavy atom. The van der Waals surface area contributed by atoms with E-state index >= 15 is 0 Å². The summed E-state index contributed by atoms with van der Waals surface area (Å²) in [5, 5.41) is 2.96. The summed E-state index contributed by atoms with van der Waals surface area (Å²) in [7, 11) is 0. The number of hydrogen-bond donors (Lipinski definition) is 1. The predicted octanol–water partition coefficient (Wildman–Crippen LogP) is 3.46. The molecule has 1 aromatic carbocycles. The van der Waals surface area contributed by atoms with Gasteiger partial charge in [0.2, 0.25) is 5.91 Å². The molecule has 1 N–H and O–H groups in total. The Morgan fingerprint density at radius 2 is 1.88 bits per heavy atom. The standard InChI is InChI=1S/C14H21NO.K/c1-3-5-9-12(4-2)14(16)15-13-10-7-6-8-11-13;/h6-8,10-12H,3-5,9H2,1-2H3,(H,15,16);. The van der Waals surface area contributed by atoms with E-state index < -0.39 is 0 Å². The number of rotatable bonds is 6. The summed E-state index contributed by atoms with van der Waals surface area (Å²) >= 11 is 0. The molecule has 3 heteroatoms. The van der Waals surface area contributed by atoms with Crippen LogP contribution in [0.25, 0.3) is 0 Å². The Hall–Kier alpha value is 0.326. The van der Waals surface area contributed by atoms with Gasteiger partial charge in [0, 0.05) is 63.0 Å². The van der Waals surface area contributed by atoms with Gasteiger partial charge >= 0.3 is 0 Å². The summed E-state index contributed by atoms with van der Waals surface area (Å²) in [6, 6.07) is 9.66. The number of nitrogens with one attached hydrogen (secondary N) is 1.